The zero-order chi connectivity index (χ0) is 17.6. The zero-order valence-electron chi connectivity index (χ0n) is 13.9. The predicted octanol–water partition coefficient (Wildman–Crippen LogP) is 3.31. The minimum absolute atomic E-state index is 0.225. The molecule has 0 radical (unpaired) electrons. The molecule has 1 N–H and O–H groups in total. The average molecular weight is 357 g/mol. The average Bonchev–Trinajstić information content (AvgIpc) is 3.02. The lowest BCUT2D eigenvalue weighted by atomic mass is 10.2. The van der Waals surface area contributed by atoms with Crippen LogP contribution in [0.3, 0.4) is 0 Å². The maximum atomic E-state index is 12.0. The molecule has 2 amide bonds. The summed E-state index contributed by atoms with van der Waals surface area (Å²) in [7, 11) is 0. The molecule has 2 heterocycles. The number of hydrogen-bond donors (Lipinski definition) is 1. The SMILES string of the molecule is CCOC(=O)N1CCc2nc(NC(=O)/C=C/c3ccccc3)sc2C1. The van der Waals surface area contributed by atoms with Crippen molar-refractivity contribution in [3.63, 3.8) is 0 Å². The van der Waals surface area contributed by atoms with Gasteiger partial charge in [0.25, 0.3) is 0 Å². The number of carbonyl (C=O) groups is 2. The smallest absolute Gasteiger partial charge is 0.410 e. The van der Waals surface area contributed by atoms with Crippen LogP contribution in [0.5, 0.6) is 0 Å². The molecule has 0 saturated heterocycles. The van der Waals surface area contributed by atoms with Crippen LogP contribution < -0.4 is 5.32 Å². The van der Waals surface area contributed by atoms with Crippen molar-refractivity contribution in [1.82, 2.24) is 9.88 Å². The largest absolute Gasteiger partial charge is 0.450 e. The molecule has 1 aliphatic rings. The Morgan fingerprint density at radius 2 is 2.16 bits per heavy atom. The first-order chi connectivity index (χ1) is 12.2. The molecule has 0 aliphatic carbocycles. The van der Waals surface area contributed by atoms with E-state index < -0.39 is 0 Å². The Kier molecular flexibility index (Phi) is 5.45. The third kappa shape index (κ3) is 4.45. The van der Waals surface area contributed by atoms with E-state index in [-0.39, 0.29) is 12.0 Å². The minimum Gasteiger partial charge on any atom is -0.450 e. The predicted molar refractivity (Wildman–Crippen MR) is 97.4 cm³/mol. The molecule has 0 spiro atoms. The molecule has 2 aromatic rings. The number of fused-ring (bicyclic) bond motifs is 1. The fourth-order valence-electron chi connectivity index (χ4n) is 2.50. The summed E-state index contributed by atoms with van der Waals surface area (Å²) in [6.07, 6.45) is 3.60. The molecule has 0 bridgehead atoms. The summed E-state index contributed by atoms with van der Waals surface area (Å²) in [4.78, 5) is 31.0. The van der Waals surface area contributed by atoms with Gasteiger partial charge in [-0.05, 0) is 18.6 Å². The summed E-state index contributed by atoms with van der Waals surface area (Å²) >= 11 is 1.40. The van der Waals surface area contributed by atoms with Crippen molar-refractivity contribution in [2.75, 3.05) is 18.5 Å². The van der Waals surface area contributed by atoms with Crippen molar-refractivity contribution in [3.05, 3.63) is 52.5 Å². The number of hydrogen-bond acceptors (Lipinski definition) is 5. The van der Waals surface area contributed by atoms with E-state index in [4.69, 9.17) is 4.74 Å². The lowest BCUT2D eigenvalue weighted by Crippen LogP contribution is -2.35. The highest BCUT2D eigenvalue weighted by Crippen LogP contribution is 2.28. The molecule has 1 aromatic heterocycles. The lowest BCUT2D eigenvalue weighted by molar-refractivity contribution is -0.111. The van der Waals surface area contributed by atoms with Gasteiger partial charge in [-0.3, -0.25) is 10.1 Å². The Balaban J connectivity index is 1.61. The second-order valence-corrected chi connectivity index (χ2v) is 6.58. The first-order valence-electron chi connectivity index (χ1n) is 8.10. The van der Waals surface area contributed by atoms with Crippen LogP contribution in [0.25, 0.3) is 6.08 Å². The molecule has 25 heavy (non-hydrogen) atoms. The number of nitrogens with one attached hydrogen (secondary N) is 1. The van der Waals surface area contributed by atoms with Crippen LogP contribution in [0.1, 0.15) is 23.1 Å². The van der Waals surface area contributed by atoms with Gasteiger partial charge in [0.15, 0.2) is 5.13 Å². The molecule has 0 saturated carbocycles. The Hall–Kier alpha value is -2.67. The summed E-state index contributed by atoms with van der Waals surface area (Å²) < 4.78 is 5.03. The van der Waals surface area contributed by atoms with E-state index in [2.05, 4.69) is 10.3 Å². The molecule has 7 heteroatoms. The fraction of sp³-hybridized carbons (Fsp3) is 0.278. The van der Waals surface area contributed by atoms with E-state index in [1.807, 2.05) is 30.3 Å². The second-order valence-electron chi connectivity index (χ2n) is 5.49. The number of thiazole rings is 1. The van der Waals surface area contributed by atoms with Gasteiger partial charge in [-0.15, -0.1) is 0 Å². The van der Waals surface area contributed by atoms with Crippen molar-refractivity contribution in [1.29, 1.82) is 0 Å². The maximum absolute atomic E-state index is 12.0. The number of carbonyl (C=O) groups excluding carboxylic acids is 2. The molecule has 1 aliphatic heterocycles. The topological polar surface area (TPSA) is 71.5 Å². The summed E-state index contributed by atoms with van der Waals surface area (Å²) in [6.45, 7) is 3.20. The number of aromatic nitrogens is 1. The van der Waals surface area contributed by atoms with E-state index in [1.165, 1.54) is 17.4 Å². The summed E-state index contributed by atoms with van der Waals surface area (Å²) in [5.74, 6) is -0.225. The number of anilines is 1. The zero-order valence-corrected chi connectivity index (χ0v) is 14.7. The minimum atomic E-state index is -0.307. The van der Waals surface area contributed by atoms with E-state index >= 15 is 0 Å². The number of amides is 2. The molecule has 1 aromatic carbocycles. The van der Waals surface area contributed by atoms with Gasteiger partial charge in [-0.2, -0.15) is 0 Å². The van der Waals surface area contributed by atoms with Gasteiger partial charge in [-0.1, -0.05) is 41.7 Å². The van der Waals surface area contributed by atoms with E-state index in [0.29, 0.717) is 31.2 Å². The fourth-order valence-corrected chi connectivity index (χ4v) is 3.53. The van der Waals surface area contributed by atoms with Crippen molar-refractivity contribution >= 4 is 34.5 Å². The van der Waals surface area contributed by atoms with Crippen molar-refractivity contribution in [2.24, 2.45) is 0 Å². The van der Waals surface area contributed by atoms with Crippen LogP contribution in [0.15, 0.2) is 36.4 Å². The summed E-state index contributed by atoms with van der Waals surface area (Å²) in [5, 5.41) is 3.34. The Morgan fingerprint density at radius 3 is 2.92 bits per heavy atom. The van der Waals surface area contributed by atoms with E-state index in [9.17, 15) is 9.59 Å². The normalized spacial score (nSPS) is 13.6. The van der Waals surface area contributed by atoms with Crippen LogP contribution in [-0.2, 0) is 22.5 Å². The summed E-state index contributed by atoms with van der Waals surface area (Å²) in [6, 6.07) is 9.62. The molecule has 6 nitrogen and oxygen atoms in total. The first-order valence-corrected chi connectivity index (χ1v) is 8.91. The van der Waals surface area contributed by atoms with Gasteiger partial charge < -0.3 is 9.64 Å². The van der Waals surface area contributed by atoms with Gasteiger partial charge in [-0.25, -0.2) is 9.78 Å². The molecule has 0 fully saturated rings. The maximum Gasteiger partial charge on any atom is 0.410 e. The monoisotopic (exact) mass is 357 g/mol. The van der Waals surface area contributed by atoms with Crippen LogP contribution >= 0.6 is 11.3 Å². The van der Waals surface area contributed by atoms with Crippen molar-refractivity contribution < 1.29 is 14.3 Å². The quantitative estimate of drug-likeness (QED) is 0.852. The number of rotatable bonds is 4. The number of benzene rings is 1. The highest BCUT2D eigenvalue weighted by molar-refractivity contribution is 7.15. The van der Waals surface area contributed by atoms with Gasteiger partial charge in [0.05, 0.1) is 18.8 Å². The number of nitrogens with zero attached hydrogens (tertiary/aromatic N) is 2. The van der Waals surface area contributed by atoms with Crippen LogP contribution in [0.2, 0.25) is 0 Å². The van der Waals surface area contributed by atoms with Gasteiger partial charge in [0.2, 0.25) is 5.91 Å². The van der Waals surface area contributed by atoms with Crippen LogP contribution in [-0.4, -0.2) is 35.0 Å². The molecular weight excluding hydrogens is 338 g/mol. The standard InChI is InChI=1S/C18H19N3O3S/c1-2-24-18(23)21-11-10-14-15(12-21)25-17(19-14)20-16(22)9-8-13-6-4-3-5-7-13/h3-9H,2,10-12H2,1H3,(H,19,20,22)/b9-8+. The highest BCUT2D eigenvalue weighted by Gasteiger charge is 2.25. The van der Waals surface area contributed by atoms with Crippen LogP contribution in [0.4, 0.5) is 9.93 Å². The third-order valence-corrected chi connectivity index (χ3v) is 4.71. The van der Waals surface area contributed by atoms with E-state index in [1.54, 1.807) is 17.9 Å². The van der Waals surface area contributed by atoms with Gasteiger partial charge >= 0.3 is 6.09 Å². The number of ether oxygens (including phenoxy) is 1. The Labute approximate surface area is 150 Å². The molecule has 130 valence electrons. The third-order valence-electron chi connectivity index (χ3n) is 3.71. The second kappa shape index (κ2) is 7.94. The lowest BCUT2D eigenvalue weighted by Gasteiger charge is -2.24. The van der Waals surface area contributed by atoms with Crippen LogP contribution in [0, 0.1) is 0 Å². The molecule has 0 atom stereocenters. The molecule has 3 rings (SSSR count). The van der Waals surface area contributed by atoms with Gasteiger partial charge in [0, 0.05) is 23.9 Å². The van der Waals surface area contributed by atoms with Crippen molar-refractivity contribution in [2.45, 2.75) is 19.9 Å². The van der Waals surface area contributed by atoms with Crippen molar-refractivity contribution in [3.8, 4) is 0 Å². The molecule has 0 unspecified atom stereocenters. The Morgan fingerprint density at radius 1 is 1.36 bits per heavy atom. The van der Waals surface area contributed by atoms with Gasteiger partial charge in [0.1, 0.15) is 0 Å². The van der Waals surface area contributed by atoms with E-state index in [0.717, 1.165) is 16.1 Å². The molecular formula is C18H19N3O3S. The highest BCUT2D eigenvalue weighted by atomic mass is 32.1. The first kappa shape index (κ1) is 17.2. The Bertz CT molecular complexity index is 786. The summed E-state index contributed by atoms with van der Waals surface area (Å²) in [5.41, 5.74) is 1.90.